The molecule has 0 heterocycles. The SMILES string of the molecule is CSCCC(NC(=O)OCC1c2ccccc2-c2ccccc21)C(=O)NCC1CC1C(=O)O. The lowest BCUT2D eigenvalue weighted by atomic mass is 9.98. The smallest absolute Gasteiger partial charge is 0.407 e. The third-order valence-corrected chi connectivity index (χ3v) is 6.99. The number of hydrogen-bond acceptors (Lipinski definition) is 5. The molecule has 4 rings (SSSR count). The summed E-state index contributed by atoms with van der Waals surface area (Å²) in [7, 11) is 0. The molecule has 2 aromatic carbocycles. The predicted molar refractivity (Wildman–Crippen MR) is 127 cm³/mol. The number of thioether (sulfide) groups is 1. The van der Waals surface area contributed by atoms with Gasteiger partial charge in [-0.3, -0.25) is 9.59 Å². The summed E-state index contributed by atoms with van der Waals surface area (Å²) in [6.07, 6.45) is 2.34. The molecule has 0 aromatic heterocycles. The van der Waals surface area contributed by atoms with Crippen LogP contribution in [-0.4, -0.2) is 54.3 Å². The van der Waals surface area contributed by atoms with E-state index in [-0.39, 0.29) is 30.3 Å². The number of aliphatic carboxylic acids is 1. The van der Waals surface area contributed by atoms with Crippen LogP contribution in [0.3, 0.4) is 0 Å². The molecule has 3 N–H and O–H groups in total. The summed E-state index contributed by atoms with van der Waals surface area (Å²) in [5.41, 5.74) is 4.55. The number of alkyl carbamates (subject to hydrolysis) is 1. The normalized spacial score (nSPS) is 19.2. The Morgan fingerprint density at radius 1 is 1.09 bits per heavy atom. The number of hydrogen-bond donors (Lipinski definition) is 3. The highest BCUT2D eigenvalue weighted by atomic mass is 32.2. The summed E-state index contributed by atoms with van der Waals surface area (Å²) < 4.78 is 5.57. The number of carboxylic acid groups (broad SMARTS) is 1. The van der Waals surface area contributed by atoms with E-state index in [1.54, 1.807) is 11.8 Å². The topological polar surface area (TPSA) is 105 Å². The van der Waals surface area contributed by atoms with Crippen LogP contribution in [0.5, 0.6) is 0 Å². The Balaban J connectivity index is 1.34. The third kappa shape index (κ3) is 5.33. The zero-order valence-electron chi connectivity index (χ0n) is 18.5. The van der Waals surface area contributed by atoms with E-state index in [1.165, 1.54) is 0 Å². The van der Waals surface area contributed by atoms with Gasteiger partial charge in [-0.15, -0.1) is 0 Å². The molecule has 7 nitrogen and oxygen atoms in total. The van der Waals surface area contributed by atoms with Crippen molar-refractivity contribution < 1.29 is 24.2 Å². The molecule has 1 fully saturated rings. The van der Waals surface area contributed by atoms with Gasteiger partial charge >= 0.3 is 12.1 Å². The second kappa shape index (κ2) is 10.3. The molecule has 3 atom stereocenters. The minimum Gasteiger partial charge on any atom is -0.481 e. The van der Waals surface area contributed by atoms with Gasteiger partial charge in [0.25, 0.3) is 0 Å². The number of nitrogens with one attached hydrogen (secondary N) is 2. The summed E-state index contributed by atoms with van der Waals surface area (Å²) in [4.78, 5) is 36.2. The Morgan fingerprint density at radius 3 is 2.30 bits per heavy atom. The van der Waals surface area contributed by atoms with E-state index in [2.05, 4.69) is 34.9 Å². The molecule has 1 saturated carbocycles. The first-order chi connectivity index (χ1) is 16.0. The van der Waals surface area contributed by atoms with E-state index >= 15 is 0 Å². The molecule has 2 amide bonds. The molecule has 0 radical (unpaired) electrons. The first-order valence-electron chi connectivity index (χ1n) is 11.1. The number of carboxylic acids is 1. The van der Waals surface area contributed by atoms with Crippen LogP contribution in [0, 0.1) is 11.8 Å². The summed E-state index contributed by atoms with van der Waals surface area (Å²) in [5.74, 6) is -0.918. The molecule has 0 bridgehead atoms. The zero-order chi connectivity index (χ0) is 23.4. The maximum atomic E-state index is 12.6. The van der Waals surface area contributed by atoms with Gasteiger partial charge in [-0.2, -0.15) is 11.8 Å². The summed E-state index contributed by atoms with van der Waals surface area (Å²) in [6, 6.07) is 15.5. The summed E-state index contributed by atoms with van der Waals surface area (Å²) in [5, 5.41) is 14.5. The molecule has 8 heteroatoms. The fourth-order valence-corrected chi connectivity index (χ4v) is 4.89. The average Bonchev–Trinajstić information content (AvgIpc) is 3.54. The molecular weight excluding hydrogens is 440 g/mol. The maximum absolute atomic E-state index is 12.6. The minimum atomic E-state index is -0.829. The molecule has 0 spiro atoms. The van der Waals surface area contributed by atoms with Crippen molar-refractivity contribution in [1.82, 2.24) is 10.6 Å². The monoisotopic (exact) mass is 468 g/mol. The van der Waals surface area contributed by atoms with Gasteiger partial charge in [0, 0.05) is 12.5 Å². The third-order valence-electron chi connectivity index (χ3n) is 6.34. The Hall–Kier alpha value is -3.00. The Morgan fingerprint density at radius 2 is 1.73 bits per heavy atom. The quantitative estimate of drug-likeness (QED) is 0.493. The largest absolute Gasteiger partial charge is 0.481 e. The number of carbonyl (C=O) groups is 3. The first kappa shape index (κ1) is 23.2. The van der Waals surface area contributed by atoms with E-state index in [0.717, 1.165) is 22.3 Å². The van der Waals surface area contributed by atoms with E-state index < -0.39 is 18.1 Å². The van der Waals surface area contributed by atoms with Crippen LogP contribution in [0.25, 0.3) is 11.1 Å². The number of amides is 2. The molecule has 2 aromatic rings. The molecular formula is C25H28N2O5S. The lowest BCUT2D eigenvalue weighted by molar-refractivity contribution is -0.139. The Labute approximate surface area is 197 Å². The van der Waals surface area contributed by atoms with Crippen LogP contribution in [0.1, 0.15) is 29.9 Å². The fourth-order valence-electron chi connectivity index (χ4n) is 4.42. The highest BCUT2D eigenvalue weighted by molar-refractivity contribution is 7.98. The van der Waals surface area contributed by atoms with Gasteiger partial charge in [0.1, 0.15) is 12.6 Å². The second-order valence-electron chi connectivity index (χ2n) is 8.49. The maximum Gasteiger partial charge on any atom is 0.407 e. The van der Waals surface area contributed by atoms with Crippen molar-refractivity contribution in [1.29, 1.82) is 0 Å². The van der Waals surface area contributed by atoms with Crippen molar-refractivity contribution in [2.24, 2.45) is 11.8 Å². The number of ether oxygens (including phenoxy) is 1. The van der Waals surface area contributed by atoms with Crippen molar-refractivity contribution in [2.45, 2.75) is 24.8 Å². The lowest BCUT2D eigenvalue weighted by Crippen LogP contribution is -2.48. The Bertz CT molecular complexity index is 997. The summed E-state index contributed by atoms with van der Waals surface area (Å²) in [6.45, 7) is 0.483. The van der Waals surface area contributed by atoms with E-state index in [4.69, 9.17) is 9.84 Å². The highest BCUT2D eigenvalue weighted by Gasteiger charge is 2.43. The van der Waals surface area contributed by atoms with E-state index in [9.17, 15) is 14.4 Å². The zero-order valence-corrected chi connectivity index (χ0v) is 19.3. The molecule has 33 heavy (non-hydrogen) atoms. The second-order valence-corrected chi connectivity index (χ2v) is 9.48. The molecule has 0 aliphatic heterocycles. The molecule has 2 aliphatic carbocycles. The van der Waals surface area contributed by atoms with Crippen molar-refractivity contribution in [2.75, 3.05) is 25.2 Å². The molecule has 0 saturated heterocycles. The van der Waals surface area contributed by atoms with Crippen molar-refractivity contribution >= 4 is 29.7 Å². The van der Waals surface area contributed by atoms with Crippen LogP contribution in [-0.2, 0) is 14.3 Å². The van der Waals surface area contributed by atoms with E-state index in [1.807, 2.05) is 30.5 Å². The molecule has 174 valence electrons. The summed E-state index contributed by atoms with van der Waals surface area (Å²) >= 11 is 1.58. The van der Waals surface area contributed by atoms with Gasteiger partial charge in [-0.05, 0) is 53.0 Å². The van der Waals surface area contributed by atoms with Gasteiger partial charge in [0.2, 0.25) is 5.91 Å². The number of rotatable bonds is 10. The van der Waals surface area contributed by atoms with Crippen molar-refractivity contribution in [3.8, 4) is 11.1 Å². The highest BCUT2D eigenvalue weighted by Crippen LogP contribution is 2.44. The van der Waals surface area contributed by atoms with Crippen LogP contribution in [0.15, 0.2) is 48.5 Å². The van der Waals surface area contributed by atoms with Crippen LogP contribution < -0.4 is 10.6 Å². The van der Waals surface area contributed by atoms with Crippen LogP contribution in [0.2, 0.25) is 0 Å². The first-order valence-corrected chi connectivity index (χ1v) is 12.5. The van der Waals surface area contributed by atoms with E-state index in [0.29, 0.717) is 25.1 Å². The van der Waals surface area contributed by atoms with Gasteiger partial charge in [0.15, 0.2) is 0 Å². The number of carbonyl (C=O) groups excluding carboxylic acids is 2. The van der Waals surface area contributed by atoms with Gasteiger partial charge in [0.05, 0.1) is 5.92 Å². The molecule has 3 unspecified atom stereocenters. The lowest BCUT2D eigenvalue weighted by Gasteiger charge is -2.19. The fraction of sp³-hybridized carbons (Fsp3) is 0.400. The van der Waals surface area contributed by atoms with Gasteiger partial charge < -0.3 is 20.5 Å². The van der Waals surface area contributed by atoms with Gasteiger partial charge in [-0.25, -0.2) is 4.79 Å². The van der Waals surface area contributed by atoms with Crippen LogP contribution in [0.4, 0.5) is 4.79 Å². The van der Waals surface area contributed by atoms with Crippen molar-refractivity contribution in [3.63, 3.8) is 0 Å². The van der Waals surface area contributed by atoms with Crippen molar-refractivity contribution in [3.05, 3.63) is 59.7 Å². The standard InChI is InChI=1S/C25H28N2O5S/c1-33-11-10-22(23(28)26-13-15-12-20(15)24(29)30)27-25(31)32-14-21-18-8-4-2-6-16(18)17-7-3-5-9-19(17)21/h2-9,15,20-22H,10-14H2,1H3,(H,26,28)(H,27,31)(H,29,30). The number of fused-ring (bicyclic) bond motifs is 3. The Kier molecular flexibility index (Phi) is 7.23. The average molecular weight is 469 g/mol. The minimum absolute atomic E-state index is 0.0397. The predicted octanol–water partition coefficient (Wildman–Crippen LogP) is 3.48. The van der Waals surface area contributed by atoms with Crippen LogP contribution >= 0.6 is 11.8 Å². The number of benzene rings is 2. The molecule has 2 aliphatic rings. The van der Waals surface area contributed by atoms with Gasteiger partial charge in [-0.1, -0.05) is 48.5 Å².